The monoisotopic (exact) mass is 276 g/mol. The highest BCUT2D eigenvalue weighted by Crippen LogP contribution is 2.23. The zero-order valence-corrected chi connectivity index (χ0v) is 11.7. The van der Waals surface area contributed by atoms with Crippen molar-refractivity contribution in [3.63, 3.8) is 0 Å². The second kappa shape index (κ2) is 6.32. The Bertz CT molecular complexity index is 352. The minimum absolute atomic E-state index is 0.126. The van der Waals surface area contributed by atoms with Crippen LogP contribution in [0, 0.1) is 5.92 Å². The van der Waals surface area contributed by atoms with Crippen molar-refractivity contribution < 1.29 is 13.5 Å². The summed E-state index contributed by atoms with van der Waals surface area (Å²) < 4.78 is 26.2. The Morgan fingerprint density at radius 1 is 1.28 bits per heavy atom. The number of aliphatic hydroxyl groups is 1. The lowest BCUT2D eigenvalue weighted by Crippen LogP contribution is -2.43. The molecule has 0 radical (unpaired) electrons. The van der Waals surface area contributed by atoms with Gasteiger partial charge in [-0.2, -0.15) is 0 Å². The van der Waals surface area contributed by atoms with Crippen LogP contribution in [-0.2, 0) is 10.0 Å². The first-order chi connectivity index (χ1) is 8.62. The zero-order valence-electron chi connectivity index (χ0n) is 10.8. The Morgan fingerprint density at radius 3 is 2.78 bits per heavy atom. The van der Waals surface area contributed by atoms with Gasteiger partial charge in [0.25, 0.3) is 0 Å². The van der Waals surface area contributed by atoms with Gasteiger partial charge in [-0.3, -0.25) is 0 Å². The van der Waals surface area contributed by atoms with Gasteiger partial charge >= 0.3 is 0 Å². The van der Waals surface area contributed by atoms with Gasteiger partial charge in [0.1, 0.15) is 0 Å². The van der Waals surface area contributed by atoms with Crippen molar-refractivity contribution in [2.24, 2.45) is 5.92 Å². The molecule has 2 aliphatic heterocycles. The summed E-state index contributed by atoms with van der Waals surface area (Å²) in [5, 5.41) is 12.2. The fourth-order valence-corrected chi connectivity index (χ4v) is 4.72. The molecule has 18 heavy (non-hydrogen) atoms. The summed E-state index contributed by atoms with van der Waals surface area (Å²) >= 11 is 0. The Morgan fingerprint density at radius 2 is 2.11 bits per heavy atom. The molecular formula is C12H24N2O3S. The van der Waals surface area contributed by atoms with Crippen LogP contribution in [0.15, 0.2) is 0 Å². The Balaban J connectivity index is 1.86. The van der Waals surface area contributed by atoms with Crippen LogP contribution in [0.2, 0.25) is 0 Å². The first kappa shape index (κ1) is 14.2. The number of hydrogen-bond acceptors (Lipinski definition) is 4. The molecule has 6 heteroatoms. The number of rotatable bonds is 5. The van der Waals surface area contributed by atoms with E-state index in [0.29, 0.717) is 25.4 Å². The van der Waals surface area contributed by atoms with E-state index in [1.54, 1.807) is 4.31 Å². The van der Waals surface area contributed by atoms with E-state index in [1.807, 2.05) is 0 Å². The summed E-state index contributed by atoms with van der Waals surface area (Å²) in [5.41, 5.74) is 0. The van der Waals surface area contributed by atoms with Crippen LogP contribution >= 0.6 is 0 Å². The lowest BCUT2D eigenvalue weighted by Gasteiger charge is -2.25. The van der Waals surface area contributed by atoms with Crippen molar-refractivity contribution in [1.29, 1.82) is 0 Å². The van der Waals surface area contributed by atoms with Gasteiger partial charge in [-0.25, -0.2) is 12.7 Å². The lowest BCUT2D eigenvalue weighted by atomic mass is 10.1. The van der Waals surface area contributed by atoms with Gasteiger partial charge in [-0.05, 0) is 38.1 Å². The van der Waals surface area contributed by atoms with E-state index in [4.69, 9.17) is 5.11 Å². The van der Waals surface area contributed by atoms with Gasteiger partial charge in [0.2, 0.25) is 10.0 Å². The number of piperidine rings is 1. The first-order valence-electron chi connectivity index (χ1n) is 6.94. The van der Waals surface area contributed by atoms with Gasteiger partial charge in [-0.15, -0.1) is 0 Å². The van der Waals surface area contributed by atoms with Crippen molar-refractivity contribution in [2.45, 2.75) is 38.1 Å². The number of aliphatic hydroxyl groups excluding tert-OH is 1. The van der Waals surface area contributed by atoms with Crippen LogP contribution in [0.5, 0.6) is 0 Å². The minimum atomic E-state index is -3.12. The SMILES string of the molecule is O=S(=O)(CC1CCCCN1)N1CCC(CCO)C1. The molecule has 2 rings (SSSR count). The molecule has 0 aliphatic carbocycles. The molecule has 0 spiro atoms. The molecule has 2 heterocycles. The van der Waals surface area contributed by atoms with E-state index in [9.17, 15) is 8.42 Å². The fraction of sp³-hybridized carbons (Fsp3) is 1.00. The lowest BCUT2D eigenvalue weighted by molar-refractivity contribution is 0.259. The molecule has 5 nitrogen and oxygen atoms in total. The third kappa shape index (κ3) is 3.66. The average molecular weight is 276 g/mol. The average Bonchev–Trinajstić information content (AvgIpc) is 2.80. The molecule has 106 valence electrons. The number of sulfonamides is 1. The van der Waals surface area contributed by atoms with E-state index in [1.165, 1.54) is 0 Å². The van der Waals surface area contributed by atoms with Crippen LogP contribution in [0.3, 0.4) is 0 Å². The van der Waals surface area contributed by atoms with Crippen LogP contribution in [0.4, 0.5) is 0 Å². The highest BCUT2D eigenvalue weighted by molar-refractivity contribution is 7.89. The summed E-state index contributed by atoms with van der Waals surface area (Å²) in [7, 11) is -3.12. The highest BCUT2D eigenvalue weighted by Gasteiger charge is 2.32. The fourth-order valence-electron chi connectivity index (χ4n) is 2.89. The van der Waals surface area contributed by atoms with Crippen molar-refractivity contribution in [1.82, 2.24) is 9.62 Å². The predicted octanol–water partition coefficient (Wildman–Crippen LogP) is 0.163. The molecule has 0 saturated carbocycles. The van der Waals surface area contributed by atoms with Gasteiger partial charge < -0.3 is 10.4 Å². The summed E-state index contributed by atoms with van der Waals surface area (Å²) in [5.74, 6) is 0.572. The molecule has 0 amide bonds. The Kier molecular flexibility index (Phi) is 5.00. The quantitative estimate of drug-likeness (QED) is 0.750. The van der Waals surface area contributed by atoms with Crippen molar-refractivity contribution >= 4 is 10.0 Å². The molecule has 2 aliphatic rings. The molecule has 2 fully saturated rings. The van der Waals surface area contributed by atoms with Crippen LogP contribution in [0.1, 0.15) is 32.1 Å². The smallest absolute Gasteiger partial charge is 0.215 e. The predicted molar refractivity (Wildman–Crippen MR) is 70.8 cm³/mol. The molecule has 2 unspecified atom stereocenters. The summed E-state index contributed by atoms with van der Waals surface area (Å²) in [4.78, 5) is 0. The molecule has 0 bridgehead atoms. The molecule has 2 saturated heterocycles. The standard InChI is InChI=1S/C12H24N2O3S/c15-8-5-11-4-7-14(9-11)18(16,17)10-12-3-1-2-6-13-12/h11-13,15H,1-10H2. The summed E-state index contributed by atoms with van der Waals surface area (Å²) in [6.45, 7) is 2.31. The van der Waals surface area contributed by atoms with Gasteiger partial charge in [0.15, 0.2) is 0 Å². The molecule has 0 aromatic carbocycles. The number of nitrogens with one attached hydrogen (secondary N) is 1. The van der Waals surface area contributed by atoms with Gasteiger partial charge in [0, 0.05) is 25.7 Å². The second-order valence-corrected chi connectivity index (χ2v) is 7.46. The van der Waals surface area contributed by atoms with Crippen LogP contribution < -0.4 is 5.32 Å². The van der Waals surface area contributed by atoms with Crippen LogP contribution in [0.25, 0.3) is 0 Å². The van der Waals surface area contributed by atoms with Gasteiger partial charge in [0.05, 0.1) is 5.75 Å². The third-order valence-corrected chi connectivity index (χ3v) is 5.95. The van der Waals surface area contributed by atoms with Crippen molar-refractivity contribution in [3.05, 3.63) is 0 Å². The molecule has 2 atom stereocenters. The highest BCUT2D eigenvalue weighted by atomic mass is 32.2. The van der Waals surface area contributed by atoms with E-state index >= 15 is 0 Å². The zero-order chi connectivity index (χ0) is 13.0. The van der Waals surface area contributed by atoms with E-state index in [0.717, 1.165) is 32.2 Å². The summed E-state index contributed by atoms with van der Waals surface area (Å²) in [6.07, 6.45) is 4.85. The van der Waals surface area contributed by atoms with Crippen molar-refractivity contribution in [2.75, 3.05) is 32.0 Å². The molecule has 0 aromatic rings. The van der Waals surface area contributed by atoms with E-state index < -0.39 is 10.0 Å². The maximum atomic E-state index is 12.3. The normalized spacial score (nSPS) is 30.7. The van der Waals surface area contributed by atoms with Crippen molar-refractivity contribution in [3.8, 4) is 0 Å². The van der Waals surface area contributed by atoms with E-state index in [2.05, 4.69) is 5.32 Å². The Labute approximate surface area is 110 Å². The minimum Gasteiger partial charge on any atom is -0.396 e. The summed E-state index contributed by atoms with van der Waals surface area (Å²) in [6, 6.07) is 0.126. The largest absolute Gasteiger partial charge is 0.396 e. The molecule has 0 aromatic heterocycles. The van der Waals surface area contributed by atoms with E-state index in [-0.39, 0.29) is 18.4 Å². The third-order valence-electron chi connectivity index (χ3n) is 4.00. The first-order valence-corrected chi connectivity index (χ1v) is 8.55. The van der Waals surface area contributed by atoms with Gasteiger partial charge in [-0.1, -0.05) is 6.42 Å². The Hall–Kier alpha value is -0.170. The molecular weight excluding hydrogens is 252 g/mol. The number of hydrogen-bond donors (Lipinski definition) is 2. The second-order valence-electron chi connectivity index (χ2n) is 5.45. The topological polar surface area (TPSA) is 69.6 Å². The maximum absolute atomic E-state index is 12.3. The van der Waals surface area contributed by atoms with Crippen LogP contribution in [-0.4, -0.2) is 55.9 Å². The molecule has 2 N–H and O–H groups in total. The number of nitrogens with zero attached hydrogens (tertiary/aromatic N) is 1. The maximum Gasteiger partial charge on any atom is 0.215 e.